The van der Waals surface area contributed by atoms with Crippen LogP contribution in [0.25, 0.3) is 5.57 Å². The normalized spacial score (nSPS) is 11.7. The molecule has 1 nitrogen and oxygen atoms in total. The summed E-state index contributed by atoms with van der Waals surface area (Å²) in [5.41, 5.74) is 1.56. The number of benzene rings is 1. The second-order valence-electron chi connectivity index (χ2n) is 4.09. The van der Waals surface area contributed by atoms with E-state index in [0.29, 0.717) is 35.4 Å². The van der Waals surface area contributed by atoms with Gasteiger partial charge >= 0.3 is 0 Å². The van der Waals surface area contributed by atoms with E-state index in [2.05, 4.69) is 102 Å². The summed E-state index contributed by atoms with van der Waals surface area (Å²) in [5.74, 6) is 0. The molecule has 0 aromatic heterocycles. The maximum Gasteiger partial charge on any atom is 0.100 e. The van der Waals surface area contributed by atoms with Crippen LogP contribution in [0.1, 0.15) is 5.56 Å². The van der Waals surface area contributed by atoms with E-state index >= 15 is 0 Å². The van der Waals surface area contributed by atoms with Crippen LogP contribution in [0.2, 0.25) is 0 Å². The van der Waals surface area contributed by atoms with Crippen LogP contribution in [0.3, 0.4) is 0 Å². The summed E-state index contributed by atoms with van der Waals surface area (Å²) in [6.07, 6.45) is 0. The predicted molar refractivity (Wildman–Crippen MR) is 131 cm³/mol. The molecule has 0 bridgehead atoms. The Morgan fingerprint density at radius 3 is 1.67 bits per heavy atom. The fourth-order valence-electron chi connectivity index (χ4n) is 1.63. The number of nitriles is 1. The molecule has 0 aliphatic heterocycles. The Balaban J connectivity index is 3.81. The Hall–Kier alpha value is 0.990. The van der Waals surface area contributed by atoms with Gasteiger partial charge in [0.25, 0.3) is 0 Å². The summed E-state index contributed by atoms with van der Waals surface area (Å²) in [4.78, 5) is 4.12. The third-order valence-corrected chi connectivity index (χ3v) is 8.28. The van der Waals surface area contributed by atoms with Gasteiger partial charge in [-0.05, 0) is 65.6 Å². The maximum absolute atomic E-state index is 9.79. The van der Waals surface area contributed by atoms with Crippen LogP contribution < -0.4 is 0 Å². The molecule has 0 amide bonds. The van der Waals surface area contributed by atoms with Crippen molar-refractivity contribution in [2.75, 3.05) is 0 Å². The quantitative estimate of drug-likeness (QED) is 0.172. The van der Waals surface area contributed by atoms with Gasteiger partial charge in [-0.3, -0.25) is 0 Å². The van der Waals surface area contributed by atoms with E-state index in [-0.39, 0.29) is 0 Å². The molecule has 0 unspecified atom stereocenters. The molecule has 1 rings (SSSR count). The minimum absolute atomic E-state index is 0.379. The van der Waals surface area contributed by atoms with Crippen molar-refractivity contribution in [1.82, 2.24) is 0 Å². The Bertz CT molecular complexity index is 781. The monoisotopic (exact) mass is 736 g/mol. The first-order valence-electron chi connectivity index (χ1n) is 5.88. The molecule has 0 spiro atoms. The van der Waals surface area contributed by atoms with E-state index in [0.717, 1.165) is 8.95 Å². The third-order valence-electron chi connectivity index (χ3n) is 2.59. The molecule has 24 heavy (non-hydrogen) atoms. The highest BCUT2D eigenvalue weighted by molar-refractivity contribution is 9.14. The van der Waals surface area contributed by atoms with Gasteiger partial charge in [-0.1, -0.05) is 88.2 Å². The molecule has 0 atom stereocenters. The Morgan fingerprint density at radius 2 is 1.33 bits per heavy atom. The molecular formula is C15H5Br6NS2. The van der Waals surface area contributed by atoms with Gasteiger partial charge in [0, 0.05) is 23.5 Å². The van der Waals surface area contributed by atoms with Crippen molar-refractivity contribution in [2.24, 2.45) is 0 Å². The lowest BCUT2D eigenvalue weighted by Crippen LogP contribution is -2.12. The lowest BCUT2D eigenvalue weighted by atomic mass is 9.96. The fourth-order valence-corrected chi connectivity index (χ4v) is 4.67. The first kappa shape index (κ1) is 23.0. The Morgan fingerprint density at radius 1 is 0.917 bits per heavy atom. The van der Waals surface area contributed by atoms with Gasteiger partial charge in [0.05, 0.1) is 15.3 Å². The van der Waals surface area contributed by atoms with Crippen LogP contribution in [-0.2, 0) is 0 Å². The second kappa shape index (κ2) is 11.0. The predicted octanol–water partition coefficient (Wildman–Crippen LogP) is 8.49. The number of allylic oxidation sites excluding steroid dienone is 4. The summed E-state index contributed by atoms with van der Waals surface area (Å²) >= 11 is 31.2. The summed E-state index contributed by atoms with van der Waals surface area (Å²) < 4.78 is 2.90. The van der Waals surface area contributed by atoms with Crippen LogP contribution in [0.5, 0.6) is 0 Å². The zero-order valence-corrected chi connectivity index (χ0v) is 22.6. The summed E-state index contributed by atoms with van der Waals surface area (Å²) in [5, 5.41) is 9.79. The van der Waals surface area contributed by atoms with Crippen LogP contribution in [0.15, 0.2) is 51.7 Å². The standard InChI is InChI=1S/C15H5Br6NS2/c16-4-11(20)14(23)13(15(24)12(21)5-17)10(6-22)7-1-8(18)3-9(19)2-7/h1-5H. The van der Waals surface area contributed by atoms with Gasteiger partial charge in [0.2, 0.25) is 0 Å². The van der Waals surface area contributed by atoms with Crippen molar-refractivity contribution < 1.29 is 0 Å². The highest BCUT2D eigenvalue weighted by Gasteiger charge is 2.22. The van der Waals surface area contributed by atoms with Crippen molar-refractivity contribution in [1.29, 1.82) is 5.26 Å². The zero-order valence-electron chi connectivity index (χ0n) is 11.4. The van der Waals surface area contributed by atoms with Crippen LogP contribution in [0.4, 0.5) is 0 Å². The smallest absolute Gasteiger partial charge is 0.100 e. The SMILES string of the molecule is N#CC(=C(C(=S)C(Br)=CBr)C(=S)C(Br)=CBr)c1cc(Br)cc(Br)c1. The van der Waals surface area contributed by atoms with Crippen molar-refractivity contribution in [3.63, 3.8) is 0 Å². The average molecular weight is 743 g/mol. The molecule has 0 aliphatic rings. The molecule has 0 fully saturated rings. The third kappa shape index (κ3) is 6.02. The van der Waals surface area contributed by atoms with E-state index < -0.39 is 0 Å². The molecule has 0 radical (unpaired) electrons. The Labute approximate surface area is 201 Å². The molecule has 0 N–H and O–H groups in total. The number of hydrogen-bond donors (Lipinski definition) is 0. The van der Waals surface area contributed by atoms with Gasteiger partial charge < -0.3 is 0 Å². The number of hydrogen-bond acceptors (Lipinski definition) is 3. The number of rotatable bonds is 5. The van der Waals surface area contributed by atoms with Gasteiger partial charge in [0.15, 0.2) is 0 Å². The van der Waals surface area contributed by atoms with Crippen molar-refractivity contribution in [3.8, 4) is 6.07 Å². The minimum atomic E-state index is 0.379. The van der Waals surface area contributed by atoms with Crippen molar-refractivity contribution in [2.45, 2.75) is 0 Å². The molecule has 0 heterocycles. The maximum atomic E-state index is 9.79. The molecule has 9 heteroatoms. The van der Waals surface area contributed by atoms with Gasteiger partial charge in [-0.2, -0.15) is 5.26 Å². The van der Waals surface area contributed by atoms with Gasteiger partial charge in [-0.25, -0.2) is 0 Å². The second-order valence-corrected chi connectivity index (χ2v) is 9.36. The minimum Gasteiger partial charge on any atom is -0.192 e. The topological polar surface area (TPSA) is 23.8 Å². The first-order valence-corrected chi connectivity index (χ1v) is 11.7. The largest absolute Gasteiger partial charge is 0.192 e. The van der Waals surface area contributed by atoms with E-state index in [1.807, 2.05) is 18.2 Å². The number of nitrogens with zero attached hydrogens (tertiary/aromatic N) is 1. The van der Waals surface area contributed by atoms with Crippen LogP contribution >= 0.6 is 120 Å². The number of halogens is 6. The van der Waals surface area contributed by atoms with Crippen molar-refractivity contribution in [3.05, 3.63) is 57.2 Å². The summed E-state index contributed by atoms with van der Waals surface area (Å²) in [6, 6.07) is 7.79. The van der Waals surface area contributed by atoms with Crippen LogP contribution in [-0.4, -0.2) is 9.73 Å². The van der Waals surface area contributed by atoms with E-state index in [9.17, 15) is 5.26 Å². The van der Waals surface area contributed by atoms with Crippen molar-refractivity contribution >= 4 is 135 Å². The van der Waals surface area contributed by atoms with Crippen LogP contribution in [0, 0.1) is 11.3 Å². The molecule has 124 valence electrons. The van der Waals surface area contributed by atoms with E-state index in [1.54, 1.807) is 9.97 Å². The van der Waals surface area contributed by atoms with E-state index in [1.165, 1.54) is 0 Å². The zero-order chi connectivity index (χ0) is 18.4. The molecule has 0 aliphatic carbocycles. The average Bonchev–Trinajstić information content (AvgIpc) is 2.55. The van der Waals surface area contributed by atoms with Gasteiger partial charge in [-0.15, -0.1) is 0 Å². The lowest BCUT2D eigenvalue weighted by molar-refractivity contribution is 1.50. The van der Waals surface area contributed by atoms with Gasteiger partial charge in [0.1, 0.15) is 6.07 Å². The Kier molecular flexibility index (Phi) is 10.5. The highest BCUT2D eigenvalue weighted by Crippen LogP contribution is 2.32. The molecule has 0 saturated heterocycles. The molecule has 1 aromatic carbocycles. The fraction of sp³-hybridized carbons (Fsp3) is 0. The summed E-state index contributed by atoms with van der Waals surface area (Å²) in [7, 11) is 0. The number of thiocarbonyl (C=S) groups is 2. The first-order chi connectivity index (χ1) is 11.3. The van der Waals surface area contributed by atoms with E-state index in [4.69, 9.17) is 24.4 Å². The lowest BCUT2D eigenvalue weighted by Gasteiger charge is -2.13. The molecule has 1 aromatic rings. The summed E-state index contributed by atoms with van der Waals surface area (Å²) in [6.45, 7) is 0. The molecule has 0 saturated carbocycles. The molecular weight excluding hydrogens is 738 g/mol. The highest BCUT2D eigenvalue weighted by atomic mass is 79.9.